The Morgan fingerprint density at radius 1 is 0.929 bits per heavy atom. The van der Waals surface area contributed by atoms with Crippen molar-refractivity contribution in [2.24, 2.45) is 0 Å². The number of benzene rings is 2. The predicted octanol–water partition coefficient (Wildman–Crippen LogP) is 3.72. The minimum absolute atomic E-state index is 0.202. The van der Waals surface area contributed by atoms with Crippen LogP contribution in [0.2, 0.25) is 0 Å². The Labute approximate surface area is 166 Å². The van der Waals surface area contributed by atoms with Gasteiger partial charge in [0.15, 0.2) is 17.6 Å². The standard InChI is InChI=1S/C22H29NO5/c1-13-8-14(2)15(3)18(9-13)28-16(4)22(24)23-12-17-10-19(25-5)21(27-7)20(11-17)26-6/h8-11,16H,12H2,1-7H3,(H,23,24). The Hall–Kier alpha value is -2.89. The highest BCUT2D eigenvalue weighted by Gasteiger charge is 2.18. The summed E-state index contributed by atoms with van der Waals surface area (Å²) in [5.41, 5.74) is 4.11. The topological polar surface area (TPSA) is 66.0 Å². The number of amides is 1. The van der Waals surface area contributed by atoms with Gasteiger partial charge in [0.05, 0.1) is 21.3 Å². The Bertz CT molecular complexity index is 822. The van der Waals surface area contributed by atoms with Crippen LogP contribution in [-0.2, 0) is 11.3 Å². The highest BCUT2D eigenvalue weighted by atomic mass is 16.5. The Kier molecular flexibility index (Phi) is 7.15. The normalized spacial score (nSPS) is 11.5. The van der Waals surface area contributed by atoms with Crippen molar-refractivity contribution in [2.45, 2.75) is 40.3 Å². The van der Waals surface area contributed by atoms with Crippen LogP contribution in [0.1, 0.15) is 29.2 Å². The van der Waals surface area contributed by atoms with E-state index in [0.29, 0.717) is 23.8 Å². The van der Waals surface area contributed by atoms with Gasteiger partial charge in [0.25, 0.3) is 5.91 Å². The highest BCUT2D eigenvalue weighted by molar-refractivity contribution is 5.80. The molecule has 2 rings (SSSR count). The number of rotatable bonds is 8. The summed E-state index contributed by atoms with van der Waals surface area (Å²) < 4.78 is 21.9. The van der Waals surface area contributed by atoms with Crippen LogP contribution in [0.4, 0.5) is 0 Å². The number of aryl methyl sites for hydroxylation is 2. The third kappa shape index (κ3) is 4.88. The second-order valence-corrected chi connectivity index (χ2v) is 6.72. The van der Waals surface area contributed by atoms with Crippen LogP contribution in [0, 0.1) is 20.8 Å². The Balaban J connectivity index is 2.07. The molecule has 6 heteroatoms. The molecule has 0 saturated heterocycles. The molecule has 1 N–H and O–H groups in total. The molecule has 0 saturated carbocycles. The number of ether oxygens (including phenoxy) is 4. The van der Waals surface area contributed by atoms with Gasteiger partial charge in [-0.05, 0) is 68.1 Å². The Morgan fingerprint density at radius 2 is 1.54 bits per heavy atom. The summed E-state index contributed by atoms with van der Waals surface area (Å²) in [6, 6.07) is 7.66. The second-order valence-electron chi connectivity index (χ2n) is 6.72. The van der Waals surface area contributed by atoms with Crippen LogP contribution in [0.3, 0.4) is 0 Å². The molecular weight excluding hydrogens is 358 g/mol. The number of hydrogen-bond donors (Lipinski definition) is 1. The monoisotopic (exact) mass is 387 g/mol. The molecule has 6 nitrogen and oxygen atoms in total. The fraction of sp³-hybridized carbons (Fsp3) is 0.409. The minimum Gasteiger partial charge on any atom is -0.493 e. The lowest BCUT2D eigenvalue weighted by Gasteiger charge is -2.18. The molecule has 1 unspecified atom stereocenters. The molecule has 0 spiro atoms. The van der Waals surface area contributed by atoms with Crippen molar-refractivity contribution in [3.63, 3.8) is 0 Å². The minimum atomic E-state index is -0.623. The molecule has 2 aromatic rings. The zero-order valence-corrected chi connectivity index (χ0v) is 17.6. The Morgan fingerprint density at radius 3 is 2.07 bits per heavy atom. The molecular formula is C22H29NO5. The van der Waals surface area contributed by atoms with Gasteiger partial charge in [-0.3, -0.25) is 4.79 Å². The molecule has 0 heterocycles. The van der Waals surface area contributed by atoms with Crippen molar-refractivity contribution in [2.75, 3.05) is 21.3 Å². The number of methoxy groups -OCH3 is 3. The summed E-state index contributed by atoms with van der Waals surface area (Å²) in [6.07, 6.45) is -0.623. The lowest BCUT2D eigenvalue weighted by Crippen LogP contribution is -2.36. The van der Waals surface area contributed by atoms with E-state index in [1.165, 1.54) is 0 Å². The summed E-state index contributed by atoms with van der Waals surface area (Å²) >= 11 is 0. The van der Waals surface area contributed by atoms with Gasteiger partial charge in [0.2, 0.25) is 5.75 Å². The van der Waals surface area contributed by atoms with Crippen molar-refractivity contribution in [3.8, 4) is 23.0 Å². The van der Waals surface area contributed by atoms with Crippen molar-refractivity contribution < 1.29 is 23.7 Å². The molecule has 0 aliphatic carbocycles. The van der Waals surface area contributed by atoms with Gasteiger partial charge >= 0.3 is 0 Å². The van der Waals surface area contributed by atoms with E-state index in [1.54, 1.807) is 40.4 Å². The van der Waals surface area contributed by atoms with E-state index >= 15 is 0 Å². The number of hydrogen-bond acceptors (Lipinski definition) is 5. The smallest absolute Gasteiger partial charge is 0.261 e. The van der Waals surface area contributed by atoms with Crippen molar-refractivity contribution in [1.29, 1.82) is 0 Å². The molecule has 28 heavy (non-hydrogen) atoms. The lowest BCUT2D eigenvalue weighted by molar-refractivity contribution is -0.127. The maximum Gasteiger partial charge on any atom is 0.261 e. The van der Waals surface area contributed by atoms with Crippen LogP contribution in [0.25, 0.3) is 0 Å². The van der Waals surface area contributed by atoms with Gasteiger partial charge in [-0.15, -0.1) is 0 Å². The van der Waals surface area contributed by atoms with Crippen LogP contribution in [0.5, 0.6) is 23.0 Å². The van der Waals surface area contributed by atoms with E-state index in [1.807, 2.05) is 26.8 Å². The van der Waals surface area contributed by atoms with Gasteiger partial charge < -0.3 is 24.3 Å². The number of carbonyl (C=O) groups is 1. The van der Waals surface area contributed by atoms with Gasteiger partial charge in [-0.2, -0.15) is 0 Å². The van der Waals surface area contributed by atoms with Crippen LogP contribution in [0.15, 0.2) is 24.3 Å². The zero-order valence-electron chi connectivity index (χ0n) is 17.6. The predicted molar refractivity (Wildman–Crippen MR) is 109 cm³/mol. The first-order chi connectivity index (χ1) is 13.3. The SMILES string of the molecule is COc1cc(CNC(=O)C(C)Oc2cc(C)cc(C)c2C)cc(OC)c1OC. The average molecular weight is 387 g/mol. The van der Waals surface area contributed by atoms with E-state index in [9.17, 15) is 4.79 Å². The molecule has 2 aromatic carbocycles. The second kappa shape index (κ2) is 9.35. The van der Waals surface area contributed by atoms with Gasteiger partial charge in [-0.25, -0.2) is 0 Å². The summed E-state index contributed by atoms with van der Waals surface area (Å²) in [5.74, 6) is 2.13. The van der Waals surface area contributed by atoms with Gasteiger partial charge in [0.1, 0.15) is 5.75 Å². The fourth-order valence-corrected chi connectivity index (χ4v) is 2.94. The molecule has 0 aliphatic heterocycles. The van der Waals surface area contributed by atoms with E-state index in [2.05, 4.69) is 11.4 Å². The van der Waals surface area contributed by atoms with Crippen molar-refractivity contribution >= 4 is 5.91 Å². The van der Waals surface area contributed by atoms with E-state index in [-0.39, 0.29) is 5.91 Å². The fourth-order valence-electron chi connectivity index (χ4n) is 2.94. The molecule has 0 fully saturated rings. The molecule has 0 aliphatic rings. The van der Waals surface area contributed by atoms with Crippen molar-refractivity contribution in [1.82, 2.24) is 5.32 Å². The lowest BCUT2D eigenvalue weighted by atomic mass is 10.1. The zero-order chi connectivity index (χ0) is 20.8. The van der Waals surface area contributed by atoms with E-state index < -0.39 is 6.10 Å². The summed E-state index contributed by atoms with van der Waals surface area (Å²) in [7, 11) is 4.67. The molecule has 1 atom stereocenters. The number of carbonyl (C=O) groups excluding carboxylic acids is 1. The number of nitrogens with one attached hydrogen (secondary N) is 1. The quantitative estimate of drug-likeness (QED) is 0.748. The first-order valence-electron chi connectivity index (χ1n) is 9.11. The summed E-state index contributed by atoms with van der Waals surface area (Å²) in [5, 5.41) is 2.89. The molecule has 0 bridgehead atoms. The third-order valence-electron chi connectivity index (χ3n) is 4.63. The van der Waals surface area contributed by atoms with Gasteiger partial charge in [-0.1, -0.05) is 6.07 Å². The van der Waals surface area contributed by atoms with Crippen LogP contribution < -0.4 is 24.3 Å². The average Bonchev–Trinajstić information content (AvgIpc) is 2.68. The summed E-state index contributed by atoms with van der Waals surface area (Å²) in [4.78, 5) is 12.5. The maximum atomic E-state index is 12.5. The van der Waals surface area contributed by atoms with Crippen LogP contribution in [-0.4, -0.2) is 33.3 Å². The largest absolute Gasteiger partial charge is 0.493 e. The van der Waals surface area contributed by atoms with Gasteiger partial charge in [0, 0.05) is 6.54 Å². The highest BCUT2D eigenvalue weighted by Crippen LogP contribution is 2.38. The van der Waals surface area contributed by atoms with E-state index in [0.717, 1.165) is 28.0 Å². The third-order valence-corrected chi connectivity index (χ3v) is 4.63. The first kappa shape index (κ1) is 21.4. The van der Waals surface area contributed by atoms with Crippen molar-refractivity contribution in [3.05, 3.63) is 46.5 Å². The molecule has 1 amide bonds. The first-order valence-corrected chi connectivity index (χ1v) is 9.11. The maximum absolute atomic E-state index is 12.5. The molecule has 152 valence electrons. The van der Waals surface area contributed by atoms with E-state index in [4.69, 9.17) is 18.9 Å². The molecule has 0 aromatic heterocycles. The molecule has 0 radical (unpaired) electrons. The van der Waals surface area contributed by atoms with Crippen LogP contribution >= 0.6 is 0 Å². The summed E-state index contributed by atoms with van der Waals surface area (Å²) in [6.45, 7) is 8.08.